The van der Waals surface area contributed by atoms with Crippen molar-refractivity contribution in [2.45, 2.75) is 32.3 Å². The molecule has 0 radical (unpaired) electrons. The maximum atomic E-state index is 12.2. The molecule has 1 aliphatic heterocycles. The Bertz CT molecular complexity index is 411. The molecule has 0 bridgehead atoms. The first-order chi connectivity index (χ1) is 9.22. The van der Waals surface area contributed by atoms with E-state index in [0.717, 1.165) is 32.4 Å². The van der Waals surface area contributed by atoms with Gasteiger partial charge in [0.25, 0.3) is 5.91 Å². The third-order valence-corrected chi connectivity index (χ3v) is 3.41. The van der Waals surface area contributed by atoms with Crippen LogP contribution in [0, 0.1) is 6.92 Å². The number of amides is 1. The molecule has 19 heavy (non-hydrogen) atoms. The fourth-order valence-corrected chi connectivity index (χ4v) is 2.23. The fourth-order valence-electron chi connectivity index (χ4n) is 2.23. The number of hydrogen-bond donors (Lipinski definition) is 1. The molecule has 0 spiro atoms. The van der Waals surface area contributed by atoms with Crippen LogP contribution in [0.1, 0.15) is 35.4 Å². The van der Waals surface area contributed by atoms with Crippen LogP contribution in [0.25, 0.3) is 0 Å². The average Bonchev–Trinajstić information content (AvgIpc) is 2.85. The number of nitrogens with two attached hydrogens (primary N) is 1. The summed E-state index contributed by atoms with van der Waals surface area (Å²) in [6.07, 6.45) is 4.38. The molecule has 0 unspecified atom stereocenters. The zero-order chi connectivity index (χ0) is 13.7. The molecule has 6 heteroatoms. The summed E-state index contributed by atoms with van der Waals surface area (Å²) in [5.74, 6) is 0.575. The van der Waals surface area contributed by atoms with Crippen molar-refractivity contribution in [1.29, 1.82) is 0 Å². The van der Waals surface area contributed by atoms with Gasteiger partial charge in [-0.15, -0.1) is 0 Å². The van der Waals surface area contributed by atoms with Gasteiger partial charge < -0.3 is 19.9 Å². The van der Waals surface area contributed by atoms with Gasteiger partial charge in [0.2, 0.25) is 0 Å². The number of carbonyl (C=O) groups is 1. The van der Waals surface area contributed by atoms with Gasteiger partial charge in [0, 0.05) is 19.7 Å². The lowest BCUT2D eigenvalue weighted by molar-refractivity contribution is 0.00841. The van der Waals surface area contributed by atoms with Crippen LogP contribution in [-0.4, -0.2) is 48.3 Å². The second kappa shape index (κ2) is 6.68. The molecule has 106 valence electrons. The lowest BCUT2D eigenvalue weighted by Gasteiger charge is -2.31. The molecule has 1 amide bonds. The van der Waals surface area contributed by atoms with Crippen LogP contribution >= 0.6 is 0 Å². The number of likely N-dealkylation sites (tertiary alicyclic amines) is 1. The minimum Gasteiger partial charge on any atom is -0.378 e. The number of aromatic nitrogens is 1. The number of ether oxygens (including phenoxy) is 1. The molecule has 0 aliphatic carbocycles. The first-order valence-electron chi connectivity index (χ1n) is 6.74. The maximum Gasteiger partial charge on any atom is 0.259 e. The number of rotatable bonds is 5. The van der Waals surface area contributed by atoms with E-state index in [4.69, 9.17) is 15.0 Å². The number of carbonyl (C=O) groups excluding carboxylic acids is 1. The molecule has 1 aromatic rings. The van der Waals surface area contributed by atoms with Gasteiger partial charge in [-0.2, -0.15) is 0 Å². The highest BCUT2D eigenvalue weighted by atomic mass is 16.5. The van der Waals surface area contributed by atoms with Crippen LogP contribution in [0.15, 0.2) is 10.7 Å². The molecular formula is C13H21N3O3. The lowest BCUT2D eigenvalue weighted by Crippen LogP contribution is -2.41. The Balaban J connectivity index is 1.80. The number of aryl methyl sites for hydroxylation is 1. The third-order valence-electron chi connectivity index (χ3n) is 3.41. The standard InChI is InChI=1S/C13H21N3O3/c1-10-12(9-15-19-10)13(17)16-6-3-11(4-7-16)18-8-2-5-14/h9,11H,2-8,14H2,1H3. The van der Waals surface area contributed by atoms with Crippen molar-refractivity contribution < 1.29 is 14.1 Å². The van der Waals surface area contributed by atoms with Gasteiger partial charge in [-0.1, -0.05) is 5.16 Å². The SMILES string of the molecule is Cc1oncc1C(=O)N1CCC(OCCCN)CC1. The molecule has 2 rings (SSSR count). The van der Waals surface area contributed by atoms with Crippen molar-refractivity contribution in [2.75, 3.05) is 26.2 Å². The Morgan fingerprint density at radius 3 is 2.89 bits per heavy atom. The summed E-state index contributed by atoms with van der Waals surface area (Å²) in [4.78, 5) is 14.1. The second-order valence-corrected chi connectivity index (χ2v) is 4.80. The van der Waals surface area contributed by atoms with Gasteiger partial charge in [0.1, 0.15) is 11.3 Å². The number of hydrogen-bond acceptors (Lipinski definition) is 5. The zero-order valence-corrected chi connectivity index (χ0v) is 11.3. The van der Waals surface area contributed by atoms with Gasteiger partial charge in [0.15, 0.2) is 0 Å². The minimum absolute atomic E-state index is 0.000779. The summed E-state index contributed by atoms with van der Waals surface area (Å²) < 4.78 is 10.6. The zero-order valence-electron chi connectivity index (χ0n) is 11.3. The predicted octanol–water partition coefficient (Wildman–Crippen LogP) is 0.953. The van der Waals surface area contributed by atoms with Crippen molar-refractivity contribution in [3.05, 3.63) is 17.5 Å². The van der Waals surface area contributed by atoms with Crippen LogP contribution in [0.2, 0.25) is 0 Å². The maximum absolute atomic E-state index is 12.2. The molecule has 6 nitrogen and oxygen atoms in total. The Morgan fingerprint density at radius 2 is 2.32 bits per heavy atom. The van der Waals surface area contributed by atoms with Crippen LogP contribution in [-0.2, 0) is 4.74 Å². The first-order valence-corrected chi connectivity index (χ1v) is 6.74. The molecule has 1 saturated heterocycles. The molecule has 1 aliphatic rings. The Hall–Kier alpha value is -1.40. The molecule has 0 saturated carbocycles. The molecule has 0 aromatic carbocycles. The third kappa shape index (κ3) is 3.54. The van der Waals surface area contributed by atoms with Gasteiger partial charge in [-0.25, -0.2) is 0 Å². The van der Waals surface area contributed by atoms with E-state index in [1.54, 1.807) is 6.92 Å². The molecule has 2 N–H and O–H groups in total. The lowest BCUT2D eigenvalue weighted by atomic mass is 10.1. The molecule has 1 fully saturated rings. The number of nitrogens with zero attached hydrogens (tertiary/aromatic N) is 2. The van der Waals surface area contributed by atoms with Crippen molar-refractivity contribution in [3.8, 4) is 0 Å². The molecule has 2 heterocycles. The van der Waals surface area contributed by atoms with E-state index in [9.17, 15) is 4.79 Å². The van der Waals surface area contributed by atoms with Crippen molar-refractivity contribution in [2.24, 2.45) is 5.73 Å². The normalized spacial score (nSPS) is 16.8. The Labute approximate surface area is 112 Å². The Morgan fingerprint density at radius 1 is 1.58 bits per heavy atom. The highest BCUT2D eigenvalue weighted by molar-refractivity contribution is 5.94. The summed E-state index contributed by atoms with van der Waals surface area (Å²) in [5, 5.41) is 3.64. The summed E-state index contributed by atoms with van der Waals surface area (Å²) in [7, 11) is 0. The monoisotopic (exact) mass is 267 g/mol. The Kier molecular flexibility index (Phi) is 4.93. The van der Waals surface area contributed by atoms with Gasteiger partial charge >= 0.3 is 0 Å². The van der Waals surface area contributed by atoms with E-state index in [2.05, 4.69) is 5.16 Å². The topological polar surface area (TPSA) is 81.6 Å². The van der Waals surface area contributed by atoms with Crippen LogP contribution in [0.5, 0.6) is 0 Å². The van der Waals surface area contributed by atoms with Crippen LogP contribution in [0.4, 0.5) is 0 Å². The smallest absolute Gasteiger partial charge is 0.259 e. The van der Waals surface area contributed by atoms with Crippen molar-refractivity contribution in [3.63, 3.8) is 0 Å². The van der Waals surface area contributed by atoms with E-state index in [0.29, 0.717) is 24.5 Å². The first kappa shape index (κ1) is 14.0. The van der Waals surface area contributed by atoms with E-state index < -0.39 is 0 Å². The highest BCUT2D eigenvalue weighted by Crippen LogP contribution is 2.17. The predicted molar refractivity (Wildman–Crippen MR) is 69.8 cm³/mol. The molecule has 1 aromatic heterocycles. The summed E-state index contributed by atoms with van der Waals surface area (Å²) >= 11 is 0. The second-order valence-electron chi connectivity index (χ2n) is 4.80. The van der Waals surface area contributed by atoms with E-state index in [1.807, 2.05) is 4.90 Å². The van der Waals surface area contributed by atoms with E-state index in [1.165, 1.54) is 6.20 Å². The summed E-state index contributed by atoms with van der Waals surface area (Å²) in [6.45, 7) is 4.56. The van der Waals surface area contributed by atoms with Crippen LogP contribution < -0.4 is 5.73 Å². The van der Waals surface area contributed by atoms with Crippen molar-refractivity contribution >= 4 is 5.91 Å². The molecular weight excluding hydrogens is 246 g/mol. The van der Waals surface area contributed by atoms with E-state index >= 15 is 0 Å². The van der Waals surface area contributed by atoms with Gasteiger partial charge in [0.05, 0.1) is 12.3 Å². The van der Waals surface area contributed by atoms with Crippen molar-refractivity contribution in [1.82, 2.24) is 10.1 Å². The summed E-state index contributed by atoms with van der Waals surface area (Å²) in [6, 6.07) is 0. The quantitative estimate of drug-likeness (QED) is 0.803. The van der Waals surface area contributed by atoms with Gasteiger partial charge in [-0.3, -0.25) is 4.79 Å². The van der Waals surface area contributed by atoms with Gasteiger partial charge in [-0.05, 0) is 32.7 Å². The largest absolute Gasteiger partial charge is 0.378 e. The number of piperidine rings is 1. The highest BCUT2D eigenvalue weighted by Gasteiger charge is 2.25. The van der Waals surface area contributed by atoms with Crippen LogP contribution in [0.3, 0.4) is 0 Å². The fraction of sp³-hybridized carbons (Fsp3) is 0.692. The average molecular weight is 267 g/mol. The van der Waals surface area contributed by atoms with E-state index in [-0.39, 0.29) is 12.0 Å². The summed E-state index contributed by atoms with van der Waals surface area (Å²) in [5.41, 5.74) is 5.98. The minimum atomic E-state index is -0.000779. The molecule has 0 atom stereocenters.